The van der Waals surface area contributed by atoms with Crippen LogP contribution in [0, 0.1) is 0 Å². The van der Waals surface area contributed by atoms with Crippen molar-refractivity contribution in [3.8, 4) is 5.75 Å². The van der Waals surface area contributed by atoms with Crippen molar-refractivity contribution in [2.75, 3.05) is 6.61 Å². The lowest BCUT2D eigenvalue weighted by Crippen LogP contribution is -2.10. The Balaban J connectivity index is 1.82. The summed E-state index contributed by atoms with van der Waals surface area (Å²) in [6.45, 7) is 0.764. The first-order chi connectivity index (χ1) is 9.74. The summed E-state index contributed by atoms with van der Waals surface area (Å²) < 4.78 is 5.56. The Morgan fingerprint density at radius 3 is 2.90 bits per heavy atom. The summed E-state index contributed by atoms with van der Waals surface area (Å²) in [6.07, 6.45) is 2.32. The largest absolute Gasteiger partial charge is 0.493 e. The number of fused-ring (bicyclic) bond motifs is 1. The van der Waals surface area contributed by atoms with E-state index in [1.165, 1.54) is 0 Å². The molecule has 1 aliphatic heterocycles. The van der Waals surface area contributed by atoms with E-state index in [1.807, 2.05) is 42.5 Å². The van der Waals surface area contributed by atoms with Crippen molar-refractivity contribution < 1.29 is 9.53 Å². The van der Waals surface area contributed by atoms with Crippen LogP contribution in [-0.2, 0) is 12.8 Å². The maximum absolute atomic E-state index is 12.4. The summed E-state index contributed by atoms with van der Waals surface area (Å²) in [7, 11) is 0. The van der Waals surface area contributed by atoms with Gasteiger partial charge in [0, 0.05) is 17.0 Å². The third-order valence-corrected chi connectivity index (χ3v) is 3.91. The van der Waals surface area contributed by atoms with Gasteiger partial charge in [-0.05, 0) is 48.2 Å². The number of aryl methyl sites for hydroxylation is 1. The molecule has 0 atom stereocenters. The molecule has 0 saturated carbocycles. The van der Waals surface area contributed by atoms with Crippen molar-refractivity contribution in [1.29, 1.82) is 0 Å². The smallest absolute Gasteiger partial charge is 0.167 e. The summed E-state index contributed by atoms with van der Waals surface area (Å²) in [5.74, 6) is 0.997. The minimum atomic E-state index is 0.0893. The minimum absolute atomic E-state index is 0.0893. The second-order valence-electron chi connectivity index (χ2n) is 4.97. The second-order valence-corrected chi connectivity index (χ2v) is 5.37. The molecule has 0 fully saturated rings. The van der Waals surface area contributed by atoms with E-state index in [-0.39, 0.29) is 5.78 Å². The van der Waals surface area contributed by atoms with Gasteiger partial charge in [-0.3, -0.25) is 4.79 Å². The molecule has 0 aromatic heterocycles. The van der Waals surface area contributed by atoms with Gasteiger partial charge in [0.15, 0.2) is 5.78 Å². The third kappa shape index (κ3) is 2.70. The molecule has 0 saturated heterocycles. The molecular formula is C17H15ClO2. The van der Waals surface area contributed by atoms with Crippen LogP contribution in [0.15, 0.2) is 42.5 Å². The number of ether oxygens (including phenoxy) is 1. The van der Waals surface area contributed by atoms with Crippen molar-refractivity contribution in [2.24, 2.45) is 0 Å². The Bertz CT molecular complexity index is 649. The highest BCUT2D eigenvalue weighted by molar-refractivity contribution is 6.31. The molecule has 102 valence electrons. The average molecular weight is 287 g/mol. The standard InChI is InChI=1S/C17H15ClO2/c18-15-6-2-1-4-12(15)11-16(19)13-7-8-17-14(10-13)5-3-9-20-17/h1-2,4,6-8,10H,3,5,9,11H2. The van der Waals surface area contributed by atoms with Crippen LogP contribution in [0.3, 0.4) is 0 Å². The average Bonchev–Trinajstić information content (AvgIpc) is 2.49. The van der Waals surface area contributed by atoms with Gasteiger partial charge in [0.25, 0.3) is 0 Å². The van der Waals surface area contributed by atoms with E-state index in [2.05, 4.69) is 0 Å². The van der Waals surface area contributed by atoms with Crippen LogP contribution in [0.5, 0.6) is 5.75 Å². The van der Waals surface area contributed by atoms with Crippen LogP contribution in [0.4, 0.5) is 0 Å². The van der Waals surface area contributed by atoms with Crippen molar-refractivity contribution in [3.05, 3.63) is 64.2 Å². The van der Waals surface area contributed by atoms with Crippen molar-refractivity contribution in [2.45, 2.75) is 19.3 Å². The lowest BCUT2D eigenvalue weighted by Gasteiger charge is -2.17. The zero-order valence-corrected chi connectivity index (χ0v) is 11.8. The fourth-order valence-corrected chi connectivity index (χ4v) is 2.65. The number of carbonyl (C=O) groups is 1. The molecule has 0 amide bonds. The number of Topliss-reactive ketones (excluding diaryl/α,β-unsaturated/α-hetero) is 1. The summed E-state index contributed by atoms with van der Waals surface area (Å²) in [5, 5.41) is 0.641. The summed E-state index contributed by atoms with van der Waals surface area (Å²) in [4.78, 5) is 12.4. The topological polar surface area (TPSA) is 26.3 Å². The highest BCUT2D eigenvalue weighted by atomic mass is 35.5. The van der Waals surface area contributed by atoms with Crippen molar-refractivity contribution >= 4 is 17.4 Å². The van der Waals surface area contributed by atoms with Crippen LogP contribution in [-0.4, -0.2) is 12.4 Å². The Morgan fingerprint density at radius 1 is 1.20 bits per heavy atom. The maximum atomic E-state index is 12.4. The third-order valence-electron chi connectivity index (χ3n) is 3.54. The Morgan fingerprint density at radius 2 is 2.05 bits per heavy atom. The van der Waals surface area contributed by atoms with Gasteiger partial charge in [-0.25, -0.2) is 0 Å². The van der Waals surface area contributed by atoms with Gasteiger partial charge in [0.1, 0.15) is 5.75 Å². The highest BCUT2D eigenvalue weighted by Crippen LogP contribution is 2.26. The van der Waals surface area contributed by atoms with Gasteiger partial charge >= 0.3 is 0 Å². The Labute approximate surface area is 123 Å². The highest BCUT2D eigenvalue weighted by Gasteiger charge is 2.14. The van der Waals surface area contributed by atoms with Gasteiger partial charge in [0.2, 0.25) is 0 Å². The number of hydrogen-bond acceptors (Lipinski definition) is 2. The van der Waals surface area contributed by atoms with Gasteiger partial charge in [0.05, 0.1) is 6.61 Å². The molecular weight excluding hydrogens is 272 g/mol. The molecule has 0 unspecified atom stereocenters. The van der Waals surface area contributed by atoms with E-state index in [9.17, 15) is 4.79 Å². The lowest BCUT2D eigenvalue weighted by atomic mass is 9.98. The van der Waals surface area contributed by atoms with E-state index >= 15 is 0 Å². The van der Waals surface area contributed by atoms with E-state index in [0.717, 1.165) is 41.9 Å². The molecule has 2 aromatic carbocycles. The van der Waals surface area contributed by atoms with Crippen LogP contribution in [0.25, 0.3) is 0 Å². The van der Waals surface area contributed by atoms with E-state index in [0.29, 0.717) is 11.4 Å². The van der Waals surface area contributed by atoms with Crippen LogP contribution in [0.2, 0.25) is 5.02 Å². The molecule has 20 heavy (non-hydrogen) atoms. The van der Waals surface area contributed by atoms with Crippen LogP contribution in [0.1, 0.15) is 27.9 Å². The van der Waals surface area contributed by atoms with Crippen molar-refractivity contribution in [3.63, 3.8) is 0 Å². The summed E-state index contributed by atoms with van der Waals surface area (Å²) in [5.41, 5.74) is 2.73. The van der Waals surface area contributed by atoms with E-state index in [4.69, 9.17) is 16.3 Å². The fraction of sp³-hybridized carbons (Fsp3) is 0.235. The predicted molar refractivity (Wildman–Crippen MR) is 79.7 cm³/mol. The number of hydrogen-bond donors (Lipinski definition) is 0. The molecule has 0 aliphatic carbocycles. The molecule has 0 spiro atoms. The normalized spacial score (nSPS) is 13.4. The Hall–Kier alpha value is -1.80. The van der Waals surface area contributed by atoms with Gasteiger partial charge in [-0.15, -0.1) is 0 Å². The van der Waals surface area contributed by atoms with E-state index in [1.54, 1.807) is 0 Å². The predicted octanol–water partition coefficient (Wildman–Crippen LogP) is 4.09. The second kappa shape index (κ2) is 5.68. The van der Waals surface area contributed by atoms with Crippen molar-refractivity contribution in [1.82, 2.24) is 0 Å². The molecule has 2 nitrogen and oxygen atoms in total. The summed E-state index contributed by atoms with van der Waals surface area (Å²) in [6, 6.07) is 13.2. The van der Waals surface area contributed by atoms with Crippen LogP contribution < -0.4 is 4.74 Å². The van der Waals surface area contributed by atoms with E-state index < -0.39 is 0 Å². The first-order valence-electron chi connectivity index (χ1n) is 6.76. The molecule has 0 radical (unpaired) electrons. The number of ketones is 1. The Kier molecular flexibility index (Phi) is 3.75. The van der Waals surface area contributed by atoms with Gasteiger partial charge in [-0.1, -0.05) is 29.8 Å². The fourth-order valence-electron chi connectivity index (χ4n) is 2.45. The number of carbonyl (C=O) groups excluding carboxylic acids is 1. The number of rotatable bonds is 3. The summed E-state index contributed by atoms with van der Waals surface area (Å²) >= 11 is 6.10. The molecule has 2 aromatic rings. The maximum Gasteiger partial charge on any atom is 0.167 e. The molecule has 1 heterocycles. The molecule has 0 bridgehead atoms. The van der Waals surface area contributed by atoms with Gasteiger partial charge in [-0.2, -0.15) is 0 Å². The van der Waals surface area contributed by atoms with Gasteiger partial charge < -0.3 is 4.74 Å². The minimum Gasteiger partial charge on any atom is -0.493 e. The quantitative estimate of drug-likeness (QED) is 0.795. The molecule has 3 rings (SSSR count). The molecule has 1 aliphatic rings. The number of benzene rings is 2. The molecule has 3 heteroatoms. The molecule has 0 N–H and O–H groups in total. The zero-order chi connectivity index (χ0) is 13.9. The zero-order valence-electron chi connectivity index (χ0n) is 11.1. The SMILES string of the molecule is O=C(Cc1ccccc1Cl)c1ccc2c(c1)CCCO2. The monoisotopic (exact) mass is 286 g/mol. The first kappa shape index (κ1) is 13.2. The van der Waals surface area contributed by atoms with Crippen LogP contribution >= 0.6 is 11.6 Å². The number of halogens is 1. The first-order valence-corrected chi connectivity index (χ1v) is 7.14. The lowest BCUT2D eigenvalue weighted by molar-refractivity contribution is 0.0993.